The van der Waals surface area contributed by atoms with Crippen LogP contribution in [0.1, 0.15) is 37.8 Å². The van der Waals surface area contributed by atoms with Gasteiger partial charge in [0.25, 0.3) is 5.69 Å². The minimum atomic E-state index is -0.370. The van der Waals surface area contributed by atoms with Crippen molar-refractivity contribution < 1.29 is 4.92 Å². The van der Waals surface area contributed by atoms with Crippen molar-refractivity contribution in [3.05, 3.63) is 65.3 Å². The number of non-ortho nitro benzene ring substituents is 1. The molecule has 0 fully saturated rings. The number of benzene rings is 1. The number of hydrogen-bond donors (Lipinski definition) is 0. The lowest BCUT2D eigenvalue weighted by atomic mass is 10.0. The maximum absolute atomic E-state index is 10.8. The third-order valence-corrected chi connectivity index (χ3v) is 3.48. The van der Waals surface area contributed by atoms with Crippen molar-refractivity contribution in [2.75, 3.05) is 13.1 Å². The van der Waals surface area contributed by atoms with Crippen LogP contribution in [0, 0.1) is 10.1 Å². The molecular formula is C17H24N2O2. The van der Waals surface area contributed by atoms with Gasteiger partial charge in [0.1, 0.15) is 0 Å². The largest absolute Gasteiger partial charge is 0.292 e. The Bertz CT molecular complexity index is 468. The van der Waals surface area contributed by atoms with E-state index in [1.165, 1.54) is 0 Å². The molecule has 0 aromatic heterocycles. The van der Waals surface area contributed by atoms with Crippen LogP contribution in [0.25, 0.3) is 0 Å². The third-order valence-electron chi connectivity index (χ3n) is 3.48. The fourth-order valence-corrected chi connectivity index (χ4v) is 2.37. The van der Waals surface area contributed by atoms with Crippen molar-refractivity contribution in [3.63, 3.8) is 0 Å². The number of nitro groups is 1. The fourth-order valence-electron chi connectivity index (χ4n) is 2.37. The van der Waals surface area contributed by atoms with E-state index in [9.17, 15) is 10.1 Å². The summed E-state index contributed by atoms with van der Waals surface area (Å²) in [5.74, 6) is 0. The zero-order chi connectivity index (χ0) is 15.7. The van der Waals surface area contributed by atoms with Crippen LogP contribution in [0.3, 0.4) is 0 Å². The highest BCUT2D eigenvalue weighted by molar-refractivity contribution is 5.34. The first-order valence-electron chi connectivity index (χ1n) is 7.34. The average Bonchev–Trinajstić information content (AvgIpc) is 2.49. The summed E-state index contributed by atoms with van der Waals surface area (Å²) in [6.45, 7) is 11.6. The van der Waals surface area contributed by atoms with E-state index in [1.54, 1.807) is 12.1 Å². The quantitative estimate of drug-likeness (QED) is 0.362. The Balaban J connectivity index is 2.98. The summed E-state index contributed by atoms with van der Waals surface area (Å²) in [4.78, 5) is 12.7. The molecule has 0 N–H and O–H groups in total. The molecule has 1 aromatic carbocycles. The van der Waals surface area contributed by atoms with E-state index in [0.29, 0.717) is 0 Å². The van der Waals surface area contributed by atoms with E-state index in [-0.39, 0.29) is 16.7 Å². The van der Waals surface area contributed by atoms with Gasteiger partial charge in [-0.25, -0.2) is 0 Å². The number of unbranched alkanes of at least 4 members (excludes halogenated alkanes) is 1. The van der Waals surface area contributed by atoms with E-state index in [0.717, 1.165) is 37.9 Å². The molecule has 0 spiro atoms. The first-order valence-corrected chi connectivity index (χ1v) is 7.34. The van der Waals surface area contributed by atoms with Gasteiger partial charge >= 0.3 is 0 Å². The molecule has 0 bridgehead atoms. The van der Waals surface area contributed by atoms with Crippen molar-refractivity contribution in [3.8, 4) is 0 Å². The minimum Gasteiger partial charge on any atom is -0.292 e. The first kappa shape index (κ1) is 17.1. The molecule has 0 saturated carbocycles. The summed E-state index contributed by atoms with van der Waals surface area (Å²) in [6.07, 6.45) is 6.86. The highest BCUT2D eigenvalue weighted by Crippen LogP contribution is 2.27. The zero-order valence-corrected chi connectivity index (χ0v) is 12.7. The van der Waals surface area contributed by atoms with Gasteiger partial charge in [-0.05, 0) is 24.9 Å². The van der Waals surface area contributed by atoms with Gasteiger partial charge in [0.05, 0.1) is 4.92 Å². The van der Waals surface area contributed by atoms with Crippen molar-refractivity contribution in [2.45, 2.75) is 32.2 Å². The van der Waals surface area contributed by atoms with Gasteiger partial charge in [0.15, 0.2) is 0 Å². The second kappa shape index (κ2) is 9.08. The van der Waals surface area contributed by atoms with Gasteiger partial charge in [-0.15, -0.1) is 13.2 Å². The molecule has 0 heterocycles. The van der Waals surface area contributed by atoms with Crippen LogP contribution in [0.15, 0.2) is 49.6 Å². The molecular weight excluding hydrogens is 264 g/mol. The van der Waals surface area contributed by atoms with E-state index in [1.807, 2.05) is 24.3 Å². The normalized spacial score (nSPS) is 12.1. The van der Waals surface area contributed by atoms with Crippen LogP contribution in [0.4, 0.5) is 5.69 Å². The summed E-state index contributed by atoms with van der Waals surface area (Å²) in [5.41, 5.74) is 1.21. The second-order valence-corrected chi connectivity index (χ2v) is 5.03. The molecule has 0 saturated heterocycles. The lowest BCUT2D eigenvalue weighted by Crippen LogP contribution is -2.29. The Labute approximate surface area is 126 Å². The summed E-state index contributed by atoms with van der Waals surface area (Å²) in [6, 6.07) is 7.00. The fraction of sp³-hybridized carbons (Fsp3) is 0.412. The van der Waals surface area contributed by atoms with Crippen LogP contribution < -0.4 is 0 Å². The van der Waals surface area contributed by atoms with Crippen LogP contribution in [-0.4, -0.2) is 22.9 Å². The van der Waals surface area contributed by atoms with Crippen molar-refractivity contribution >= 4 is 5.69 Å². The lowest BCUT2D eigenvalue weighted by molar-refractivity contribution is -0.384. The van der Waals surface area contributed by atoms with Gasteiger partial charge in [0.2, 0.25) is 0 Å². The minimum absolute atomic E-state index is 0.125. The molecule has 114 valence electrons. The van der Waals surface area contributed by atoms with Gasteiger partial charge in [-0.2, -0.15) is 0 Å². The number of rotatable bonds is 10. The topological polar surface area (TPSA) is 46.4 Å². The zero-order valence-electron chi connectivity index (χ0n) is 12.7. The molecule has 0 radical (unpaired) electrons. The second-order valence-electron chi connectivity index (χ2n) is 5.03. The summed E-state index contributed by atoms with van der Waals surface area (Å²) in [5, 5.41) is 10.8. The monoisotopic (exact) mass is 288 g/mol. The molecule has 1 rings (SSSR count). The maximum Gasteiger partial charge on any atom is 0.269 e. The highest BCUT2D eigenvalue weighted by atomic mass is 16.6. The van der Waals surface area contributed by atoms with Crippen LogP contribution in [0.5, 0.6) is 0 Å². The molecule has 0 aliphatic carbocycles. The third kappa shape index (κ3) is 5.16. The van der Waals surface area contributed by atoms with E-state index >= 15 is 0 Å². The highest BCUT2D eigenvalue weighted by Gasteiger charge is 2.18. The molecule has 4 nitrogen and oxygen atoms in total. The molecule has 1 unspecified atom stereocenters. The maximum atomic E-state index is 10.8. The Morgan fingerprint density at radius 1 is 1.29 bits per heavy atom. The molecule has 0 aliphatic rings. The Hall–Kier alpha value is -1.94. The Morgan fingerprint density at radius 2 is 1.95 bits per heavy atom. The number of hydrogen-bond acceptors (Lipinski definition) is 3. The van der Waals surface area contributed by atoms with Gasteiger partial charge in [-0.1, -0.05) is 37.6 Å². The lowest BCUT2D eigenvalue weighted by Gasteiger charge is -2.30. The van der Waals surface area contributed by atoms with Gasteiger partial charge in [-0.3, -0.25) is 15.0 Å². The standard InChI is InChI=1S/C17H24N2O2/c1-4-7-14-18(13-6-3)17(8-5-2)15-9-11-16(12-10-15)19(20)21/h5-6,9-12,17H,2-4,7-8,13-14H2,1H3. The van der Waals surface area contributed by atoms with Crippen LogP contribution in [0.2, 0.25) is 0 Å². The Kier molecular flexibility index (Phi) is 7.40. The Morgan fingerprint density at radius 3 is 2.43 bits per heavy atom. The van der Waals surface area contributed by atoms with Crippen molar-refractivity contribution in [2.24, 2.45) is 0 Å². The van der Waals surface area contributed by atoms with E-state index in [2.05, 4.69) is 25.0 Å². The molecule has 4 heteroatoms. The van der Waals surface area contributed by atoms with Crippen molar-refractivity contribution in [1.29, 1.82) is 0 Å². The average molecular weight is 288 g/mol. The molecule has 1 atom stereocenters. The smallest absolute Gasteiger partial charge is 0.269 e. The number of nitro benzene ring substituents is 1. The van der Waals surface area contributed by atoms with E-state index in [4.69, 9.17) is 0 Å². The summed E-state index contributed by atoms with van der Waals surface area (Å²) >= 11 is 0. The molecule has 0 aliphatic heterocycles. The van der Waals surface area contributed by atoms with Crippen LogP contribution in [-0.2, 0) is 0 Å². The first-order chi connectivity index (χ1) is 10.1. The van der Waals surface area contributed by atoms with Crippen LogP contribution >= 0.6 is 0 Å². The van der Waals surface area contributed by atoms with Crippen molar-refractivity contribution in [1.82, 2.24) is 4.90 Å². The molecule has 21 heavy (non-hydrogen) atoms. The SMILES string of the molecule is C=CCC(c1ccc([N+](=O)[O-])cc1)N(CC=C)CCCC. The summed E-state index contributed by atoms with van der Waals surface area (Å²) < 4.78 is 0. The predicted octanol–water partition coefficient (Wildman–Crippen LogP) is 4.50. The summed E-state index contributed by atoms with van der Waals surface area (Å²) in [7, 11) is 0. The molecule has 0 amide bonds. The number of nitrogens with zero attached hydrogens (tertiary/aromatic N) is 2. The molecule has 1 aromatic rings. The van der Waals surface area contributed by atoms with Gasteiger partial charge in [0, 0.05) is 24.7 Å². The predicted molar refractivity (Wildman–Crippen MR) is 87.3 cm³/mol. The van der Waals surface area contributed by atoms with E-state index < -0.39 is 0 Å². The van der Waals surface area contributed by atoms with Gasteiger partial charge < -0.3 is 0 Å².